The normalized spacial score (nSPS) is 16.3. The van der Waals surface area contributed by atoms with Gasteiger partial charge in [-0.05, 0) is 37.0 Å². The molecule has 1 unspecified atom stereocenters. The summed E-state index contributed by atoms with van der Waals surface area (Å²) in [6.45, 7) is 4.10. The van der Waals surface area contributed by atoms with Crippen LogP contribution < -0.4 is 10.4 Å². The van der Waals surface area contributed by atoms with E-state index in [9.17, 15) is 4.79 Å². The minimum absolute atomic E-state index is 0.317. The third kappa shape index (κ3) is 4.66. The second-order valence-electron chi connectivity index (χ2n) is 8.21. The maximum atomic E-state index is 13.0. The Labute approximate surface area is 184 Å². The van der Waals surface area contributed by atoms with Crippen LogP contribution in [0.1, 0.15) is 73.1 Å². The average Bonchev–Trinajstić information content (AvgIpc) is 3.16. The zero-order valence-electron chi connectivity index (χ0n) is 18.4. The van der Waals surface area contributed by atoms with Crippen LogP contribution in [0.3, 0.4) is 0 Å². The van der Waals surface area contributed by atoms with Crippen LogP contribution in [0.2, 0.25) is 0 Å². The molecule has 0 saturated heterocycles. The van der Waals surface area contributed by atoms with Crippen LogP contribution in [0.25, 0.3) is 11.6 Å². The molecule has 0 saturated carbocycles. The van der Waals surface area contributed by atoms with E-state index in [1.54, 1.807) is 0 Å². The molecular formula is C28H30O3. The SMILES string of the molecule is CCCCCCCc1c(C)oc(=O)c2c1OC(c1ccccc1)/C2=C\c1ccccc1. The van der Waals surface area contributed by atoms with Gasteiger partial charge in [0.15, 0.2) is 0 Å². The van der Waals surface area contributed by atoms with E-state index in [1.165, 1.54) is 25.7 Å². The van der Waals surface area contributed by atoms with E-state index in [0.29, 0.717) is 17.1 Å². The van der Waals surface area contributed by atoms with Crippen LogP contribution in [-0.2, 0) is 6.42 Å². The topological polar surface area (TPSA) is 39.4 Å². The van der Waals surface area contributed by atoms with Gasteiger partial charge in [-0.1, -0.05) is 93.3 Å². The minimum atomic E-state index is -0.319. The summed E-state index contributed by atoms with van der Waals surface area (Å²) in [5.74, 6) is 1.38. The number of benzene rings is 2. The number of fused-ring (bicyclic) bond motifs is 1. The van der Waals surface area contributed by atoms with Gasteiger partial charge in [0.2, 0.25) is 0 Å². The summed E-state index contributed by atoms with van der Waals surface area (Å²) in [7, 11) is 0. The molecule has 2 aromatic carbocycles. The van der Waals surface area contributed by atoms with Crippen LogP contribution in [-0.4, -0.2) is 0 Å². The molecule has 1 aliphatic rings. The summed E-state index contributed by atoms with van der Waals surface area (Å²) >= 11 is 0. The van der Waals surface area contributed by atoms with Gasteiger partial charge in [0, 0.05) is 11.1 Å². The lowest BCUT2D eigenvalue weighted by molar-refractivity contribution is 0.277. The van der Waals surface area contributed by atoms with Gasteiger partial charge in [0.05, 0.1) is 0 Å². The summed E-state index contributed by atoms with van der Waals surface area (Å²) in [6, 6.07) is 20.2. The molecule has 3 nitrogen and oxygen atoms in total. The van der Waals surface area contributed by atoms with E-state index in [2.05, 4.69) is 13.0 Å². The Morgan fingerprint density at radius 2 is 1.58 bits per heavy atom. The van der Waals surface area contributed by atoms with E-state index < -0.39 is 0 Å². The fourth-order valence-electron chi connectivity index (χ4n) is 4.29. The molecule has 4 rings (SSSR count). The van der Waals surface area contributed by atoms with Crippen LogP contribution in [0.5, 0.6) is 5.75 Å². The number of hydrogen-bond donors (Lipinski definition) is 0. The van der Waals surface area contributed by atoms with E-state index >= 15 is 0 Å². The van der Waals surface area contributed by atoms with Gasteiger partial charge in [-0.15, -0.1) is 0 Å². The van der Waals surface area contributed by atoms with Crippen molar-refractivity contribution in [2.75, 3.05) is 0 Å². The van der Waals surface area contributed by atoms with Crippen molar-refractivity contribution in [1.82, 2.24) is 0 Å². The second-order valence-corrected chi connectivity index (χ2v) is 8.21. The monoisotopic (exact) mass is 414 g/mol. The molecule has 0 fully saturated rings. The molecule has 1 aliphatic heterocycles. The second kappa shape index (κ2) is 9.82. The van der Waals surface area contributed by atoms with E-state index in [0.717, 1.165) is 35.1 Å². The van der Waals surface area contributed by atoms with Gasteiger partial charge in [0.25, 0.3) is 0 Å². The molecule has 0 spiro atoms. The smallest absolute Gasteiger partial charge is 0.347 e. The van der Waals surface area contributed by atoms with E-state index in [4.69, 9.17) is 9.15 Å². The predicted octanol–water partition coefficient (Wildman–Crippen LogP) is 7.14. The number of hydrogen-bond acceptors (Lipinski definition) is 3. The number of aryl methyl sites for hydroxylation is 1. The van der Waals surface area contributed by atoms with Crippen molar-refractivity contribution in [2.24, 2.45) is 0 Å². The molecule has 31 heavy (non-hydrogen) atoms. The Morgan fingerprint density at radius 1 is 0.903 bits per heavy atom. The van der Waals surface area contributed by atoms with Crippen LogP contribution in [0.15, 0.2) is 69.9 Å². The van der Waals surface area contributed by atoms with Crippen molar-refractivity contribution < 1.29 is 9.15 Å². The Morgan fingerprint density at radius 3 is 2.29 bits per heavy atom. The van der Waals surface area contributed by atoms with Gasteiger partial charge in [-0.2, -0.15) is 0 Å². The highest BCUT2D eigenvalue weighted by molar-refractivity contribution is 5.89. The quantitative estimate of drug-likeness (QED) is 0.368. The summed E-state index contributed by atoms with van der Waals surface area (Å²) in [6.07, 6.45) is 8.57. The lowest BCUT2D eigenvalue weighted by Gasteiger charge is -2.14. The first kappa shape index (κ1) is 21.2. The molecule has 0 N–H and O–H groups in total. The van der Waals surface area contributed by atoms with Gasteiger partial charge in [-0.3, -0.25) is 0 Å². The van der Waals surface area contributed by atoms with Crippen LogP contribution in [0, 0.1) is 6.92 Å². The largest absolute Gasteiger partial charge is 0.480 e. The van der Waals surface area contributed by atoms with Gasteiger partial charge >= 0.3 is 5.63 Å². The first-order valence-corrected chi connectivity index (χ1v) is 11.3. The zero-order valence-corrected chi connectivity index (χ0v) is 18.4. The maximum absolute atomic E-state index is 13.0. The lowest BCUT2D eigenvalue weighted by atomic mass is 9.94. The highest BCUT2D eigenvalue weighted by atomic mass is 16.5. The van der Waals surface area contributed by atoms with Crippen molar-refractivity contribution >= 4 is 11.6 Å². The predicted molar refractivity (Wildman–Crippen MR) is 126 cm³/mol. The van der Waals surface area contributed by atoms with E-state index in [1.807, 2.05) is 67.6 Å². The molecule has 0 radical (unpaired) electrons. The minimum Gasteiger partial charge on any atom is -0.480 e. The molecule has 0 aliphatic carbocycles. The maximum Gasteiger partial charge on any atom is 0.347 e. The highest BCUT2D eigenvalue weighted by Crippen LogP contribution is 2.47. The third-order valence-corrected chi connectivity index (χ3v) is 5.94. The lowest BCUT2D eigenvalue weighted by Crippen LogP contribution is -2.08. The van der Waals surface area contributed by atoms with E-state index in [-0.39, 0.29) is 11.7 Å². The zero-order chi connectivity index (χ0) is 21.6. The molecule has 3 aromatic rings. The number of rotatable bonds is 8. The summed E-state index contributed by atoms with van der Waals surface area (Å²) < 4.78 is 12.2. The molecule has 3 heteroatoms. The van der Waals surface area contributed by atoms with Gasteiger partial charge < -0.3 is 9.15 Å². The van der Waals surface area contributed by atoms with Crippen molar-refractivity contribution in [3.05, 3.63) is 99.1 Å². The van der Waals surface area contributed by atoms with Crippen molar-refractivity contribution in [3.63, 3.8) is 0 Å². The molecule has 2 heterocycles. The highest BCUT2D eigenvalue weighted by Gasteiger charge is 2.36. The summed E-state index contributed by atoms with van der Waals surface area (Å²) in [5.41, 5.74) is 4.23. The Hall–Kier alpha value is -3.07. The fourth-order valence-corrected chi connectivity index (χ4v) is 4.29. The Balaban J connectivity index is 1.77. The first-order chi connectivity index (χ1) is 15.2. The number of unbranched alkanes of at least 4 members (excludes halogenated alkanes) is 4. The Kier molecular flexibility index (Phi) is 6.71. The van der Waals surface area contributed by atoms with Crippen LogP contribution in [0.4, 0.5) is 0 Å². The first-order valence-electron chi connectivity index (χ1n) is 11.3. The number of ether oxygens (including phenoxy) is 1. The Bertz CT molecular complexity index is 1090. The van der Waals surface area contributed by atoms with Crippen molar-refractivity contribution in [2.45, 2.75) is 58.5 Å². The molecule has 1 aromatic heterocycles. The third-order valence-electron chi connectivity index (χ3n) is 5.94. The molecule has 0 bridgehead atoms. The van der Waals surface area contributed by atoms with Crippen molar-refractivity contribution in [3.8, 4) is 5.75 Å². The molecule has 160 valence electrons. The molecule has 1 atom stereocenters. The summed E-state index contributed by atoms with van der Waals surface area (Å²) in [5, 5.41) is 0. The standard InChI is InChI=1S/C28H30O3/c1-3-4-5-6-13-18-23-20(2)30-28(29)25-24(19-21-14-9-7-10-15-21)26(31-27(23)25)22-16-11-8-12-17-22/h7-12,14-17,19,26H,3-6,13,18H2,1-2H3/b24-19-. The van der Waals surface area contributed by atoms with Crippen molar-refractivity contribution in [1.29, 1.82) is 0 Å². The molecule has 0 amide bonds. The molecular weight excluding hydrogens is 384 g/mol. The van der Waals surface area contributed by atoms with Gasteiger partial charge in [0.1, 0.15) is 23.2 Å². The summed E-state index contributed by atoms with van der Waals surface area (Å²) in [4.78, 5) is 13.0. The van der Waals surface area contributed by atoms with Gasteiger partial charge in [-0.25, -0.2) is 4.79 Å². The fraction of sp³-hybridized carbons (Fsp3) is 0.321. The average molecular weight is 415 g/mol. The van der Waals surface area contributed by atoms with Crippen LogP contribution >= 0.6 is 0 Å².